The second-order valence-corrected chi connectivity index (χ2v) is 5.27. The molecule has 0 unspecified atom stereocenters. The number of carboxylic acids is 1. The molecule has 0 radical (unpaired) electrons. The zero-order chi connectivity index (χ0) is 19.1. The highest BCUT2D eigenvalue weighted by Gasteiger charge is 2.22. The summed E-state index contributed by atoms with van der Waals surface area (Å²) in [5, 5.41) is 27.2. The van der Waals surface area contributed by atoms with E-state index in [1.807, 2.05) is 0 Å². The van der Waals surface area contributed by atoms with E-state index < -0.39 is 29.3 Å². The molecule has 0 fully saturated rings. The summed E-state index contributed by atoms with van der Waals surface area (Å²) in [5.74, 6) is -1.55. The van der Waals surface area contributed by atoms with Crippen LogP contribution in [0.2, 0.25) is 0 Å². The van der Waals surface area contributed by atoms with E-state index >= 15 is 0 Å². The van der Waals surface area contributed by atoms with Gasteiger partial charge in [-0.15, -0.1) is 0 Å². The van der Waals surface area contributed by atoms with Crippen molar-refractivity contribution in [3.05, 3.63) is 58.6 Å². The third-order valence-electron chi connectivity index (χ3n) is 3.48. The van der Waals surface area contributed by atoms with Crippen LogP contribution in [0.25, 0.3) is 0 Å². The van der Waals surface area contributed by atoms with E-state index in [9.17, 15) is 24.8 Å². The molecule has 9 heteroatoms. The molecule has 0 aliphatic carbocycles. The number of methoxy groups -OCH3 is 1. The number of nitro benzene ring substituents is 1. The minimum absolute atomic E-state index is 0.0358. The van der Waals surface area contributed by atoms with Crippen molar-refractivity contribution in [1.82, 2.24) is 0 Å². The maximum Gasteiger partial charge on any atom is 0.292 e. The Morgan fingerprint density at radius 1 is 1.15 bits per heavy atom. The predicted molar refractivity (Wildman–Crippen MR) is 91.8 cm³/mol. The van der Waals surface area contributed by atoms with Gasteiger partial charge in [0.15, 0.2) is 0 Å². The Morgan fingerprint density at radius 3 is 2.38 bits per heavy atom. The van der Waals surface area contributed by atoms with Gasteiger partial charge in [-0.2, -0.15) is 0 Å². The summed E-state index contributed by atoms with van der Waals surface area (Å²) < 4.78 is 5.01. The molecule has 0 aliphatic heterocycles. The van der Waals surface area contributed by atoms with Crippen LogP contribution in [0.3, 0.4) is 0 Å². The minimum Gasteiger partial charge on any atom is -0.550 e. The van der Waals surface area contributed by atoms with Crippen LogP contribution in [0.4, 0.5) is 17.1 Å². The lowest BCUT2D eigenvalue weighted by molar-refractivity contribution is -0.384. The van der Waals surface area contributed by atoms with Crippen LogP contribution >= 0.6 is 0 Å². The lowest BCUT2D eigenvalue weighted by atomic mass is 10.1. The van der Waals surface area contributed by atoms with Gasteiger partial charge in [0.25, 0.3) is 5.69 Å². The minimum atomic E-state index is -1.47. The number of para-hydroxylation sites is 2. The molecular weight excluding hydrogens is 342 g/mol. The van der Waals surface area contributed by atoms with E-state index in [0.29, 0.717) is 11.4 Å². The average Bonchev–Trinajstić information content (AvgIpc) is 2.61. The highest BCUT2D eigenvalue weighted by atomic mass is 16.6. The largest absolute Gasteiger partial charge is 0.550 e. The molecule has 136 valence electrons. The van der Waals surface area contributed by atoms with Gasteiger partial charge in [0.1, 0.15) is 17.5 Å². The topological polar surface area (TPSA) is 134 Å². The van der Waals surface area contributed by atoms with Gasteiger partial charge < -0.3 is 25.3 Å². The quantitative estimate of drug-likeness (QED) is 0.534. The van der Waals surface area contributed by atoms with Crippen LogP contribution in [0.5, 0.6) is 5.75 Å². The van der Waals surface area contributed by atoms with E-state index in [1.54, 1.807) is 24.3 Å². The first-order chi connectivity index (χ1) is 12.4. The molecular formula is C17H16N3O6-. The molecule has 2 aromatic carbocycles. The Labute approximate surface area is 148 Å². The van der Waals surface area contributed by atoms with E-state index in [-0.39, 0.29) is 11.4 Å². The van der Waals surface area contributed by atoms with Gasteiger partial charge in [0.05, 0.1) is 12.0 Å². The van der Waals surface area contributed by atoms with Crippen molar-refractivity contribution in [2.24, 2.45) is 0 Å². The molecule has 9 nitrogen and oxygen atoms in total. The van der Waals surface area contributed by atoms with Crippen LogP contribution in [0.15, 0.2) is 48.5 Å². The number of hydrogen-bond acceptors (Lipinski definition) is 7. The Balaban J connectivity index is 2.19. The smallest absolute Gasteiger partial charge is 0.292 e. The summed E-state index contributed by atoms with van der Waals surface area (Å²) in [6.07, 6.45) is -0.659. The van der Waals surface area contributed by atoms with Crippen LogP contribution in [0.1, 0.15) is 6.42 Å². The molecule has 0 spiro atoms. The highest BCUT2D eigenvalue weighted by Crippen LogP contribution is 2.25. The number of rotatable bonds is 8. The van der Waals surface area contributed by atoms with Crippen LogP contribution < -0.4 is 20.5 Å². The second kappa shape index (κ2) is 8.47. The standard InChI is InChI=1S/C17H17N3O6/c1-26-12-8-6-11(7-9-12)18-17(23)14(10-16(21)22)19-13-4-2-3-5-15(13)20(24)25/h2-9,14,19H,10H2,1H3,(H,18,23)(H,21,22)/p-1/t14-/m1/s1. The fourth-order valence-corrected chi connectivity index (χ4v) is 2.22. The maximum absolute atomic E-state index is 12.4. The van der Waals surface area contributed by atoms with Gasteiger partial charge in [-0.3, -0.25) is 14.9 Å². The second-order valence-electron chi connectivity index (χ2n) is 5.27. The lowest BCUT2D eigenvalue weighted by Gasteiger charge is -2.20. The first kappa shape index (κ1) is 18.7. The zero-order valence-electron chi connectivity index (χ0n) is 13.8. The van der Waals surface area contributed by atoms with Gasteiger partial charge in [-0.1, -0.05) is 12.1 Å². The van der Waals surface area contributed by atoms with Crippen molar-refractivity contribution in [2.75, 3.05) is 17.7 Å². The molecule has 0 saturated heterocycles. The van der Waals surface area contributed by atoms with Gasteiger partial charge in [0, 0.05) is 24.1 Å². The number of ether oxygens (including phenoxy) is 1. The van der Waals surface area contributed by atoms with Crippen molar-refractivity contribution in [3.8, 4) is 5.75 Å². The summed E-state index contributed by atoms with van der Waals surface area (Å²) in [7, 11) is 1.50. The molecule has 2 aromatic rings. The number of anilines is 2. The van der Waals surface area contributed by atoms with Crippen molar-refractivity contribution in [2.45, 2.75) is 12.5 Å². The zero-order valence-corrected chi connectivity index (χ0v) is 13.8. The number of aliphatic carboxylic acids is 1. The Bertz CT molecular complexity index is 806. The van der Waals surface area contributed by atoms with Gasteiger partial charge in [-0.25, -0.2) is 0 Å². The fraction of sp³-hybridized carbons (Fsp3) is 0.176. The van der Waals surface area contributed by atoms with E-state index in [0.717, 1.165) is 0 Å². The summed E-state index contributed by atoms with van der Waals surface area (Å²) in [5.41, 5.74) is 0.185. The summed E-state index contributed by atoms with van der Waals surface area (Å²) in [6.45, 7) is 0. The van der Waals surface area contributed by atoms with Gasteiger partial charge >= 0.3 is 0 Å². The van der Waals surface area contributed by atoms with Crippen molar-refractivity contribution >= 4 is 28.9 Å². The highest BCUT2D eigenvalue weighted by molar-refractivity contribution is 5.98. The summed E-state index contributed by atoms with van der Waals surface area (Å²) >= 11 is 0. The number of benzene rings is 2. The SMILES string of the molecule is COc1ccc(NC(=O)[C@@H](CC(=O)[O-])Nc2ccccc2[N+](=O)[O-])cc1. The third kappa shape index (κ3) is 4.94. The van der Waals surface area contributed by atoms with Gasteiger partial charge in [0.2, 0.25) is 5.91 Å². The van der Waals surface area contributed by atoms with E-state index in [4.69, 9.17) is 4.74 Å². The molecule has 0 heterocycles. The number of amides is 1. The number of hydrogen-bond donors (Lipinski definition) is 2. The molecule has 26 heavy (non-hydrogen) atoms. The predicted octanol–water partition coefficient (Wildman–Crippen LogP) is 1.16. The first-order valence-electron chi connectivity index (χ1n) is 7.55. The molecule has 2 N–H and O–H groups in total. The molecule has 0 aromatic heterocycles. The van der Waals surface area contributed by atoms with Crippen LogP contribution in [-0.2, 0) is 9.59 Å². The lowest BCUT2D eigenvalue weighted by Crippen LogP contribution is -2.40. The number of nitrogens with zero attached hydrogens (tertiary/aromatic N) is 1. The van der Waals surface area contributed by atoms with E-state index in [2.05, 4.69) is 10.6 Å². The van der Waals surface area contributed by atoms with Crippen LogP contribution in [0, 0.1) is 10.1 Å². The van der Waals surface area contributed by atoms with Gasteiger partial charge in [-0.05, 0) is 30.3 Å². The Kier molecular flexibility index (Phi) is 6.10. The van der Waals surface area contributed by atoms with Crippen LogP contribution in [-0.4, -0.2) is 30.0 Å². The Hall–Kier alpha value is -3.62. The number of carbonyl (C=O) groups is 2. The number of nitrogens with one attached hydrogen (secondary N) is 2. The number of nitro groups is 1. The van der Waals surface area contributed by atoms with Crippen molar-refractivity contribution in [1.29, 1.82) is 0 Å². The van der Waals surface area contributed by atoms with E-state index in [1.165, 1.54) is 31.4 Å². The summed E-state index contributed by atoms with van der Waals surface area (Å²) in [6, 6.07) is 10.8. The Morgan fingerprint density at radius 2 is 1.81 bits per heavy atom. The molecule has 1 atom stereocenters. The average molecular weight is 358 g/mol. The fourth-order valence-electron chi connectivity index (χ4n) is 2.22. The molecule has 0 bridgehead atoms. The van der Waals surface area contributed by atoms with Crippen molar-refractivity contribution < 1.29 is 24.4 Å². The van der Waals surface area contributed by atoms with Crippen molar-refractivity contribution in [3.63, 3.8) is 0 Å². The number of carboxylic acid groups (broad SMARTS) is 1. The first-order valence-corrected chi connectivity index (χ1v) is 7.55. The number of carbonyl (C=O) groups excluding carboxylic acids is 2. The summed E-state index contributed by atoms with van der Waals surface area (Å²) in [4.78, 5) is 33.8. The molecule has 0 aliphatic rings. The molecule has 2 rings (SSSR count). The third-order valence-corrected chi connectivity index (χ3v) is 3.48. The maximum atomic E-state index is 12.4. The molecule has 0 saturated carbocycles. The molecule has 1 amide bonds. The normalized spacial score (nSPS) is 11.3. The monoisotopic (exact) mass is 358 g/mol.